The standard InChI is InChI=1S/C10H13N3/c1-3-8-7-13-6-2-4-9(13)12-10(8)11-5-1/h1,3,5,9H,2,4,6-7H2,(H,11,12). The van der Waals surface area contributed by atoms with Gasteiger partial charge in [0.1, 0.15) is 5.82 Å². The number of hydrogen-bond donors (Lipinski definition) is 1. The summed E-state index contributed by atoms with van der Waals surface area (Å²) in [4.78, 5) is 6.83. The van der Waals surface area contributed by atoms with Crippen LogP contribution in [0, 0.1) is 0 Å². The maximum Gasteiger partial charge on any atom is 0.131 e. The predicted molar refractivity (Wildman–Crippen MR) is 51.3 cm³/mol. The second-order valence-corrected chi connectivity index (χ2v) is 3.78. The first-order valence-electron chi connectivity index (χ1n) is 4.88. The molecule has 0 radical (unpaired) electrons. The van der Waals surface area contributed by atoms with Gasteiger partial charge in [0, 0.05) is 24.8 Å². The maximum absolute atomic E-state index is 4.34. The van der Waals surface area contributed by atoms with Crippen molar-refractivity contribution in [1.29, 1.82) is 0 Å². The number of aromatic nitrogens is 1. The van der Waals surface area contributed by atoms with Gasteiger partial charge in [0.25, 0.3) is 0 Å². The molecule has 1 aromatic rings. The fourth-order valence-electron chi connectivity index (χ4n) is 2.25. The van der Waals surface area contributed by atoms with Crippen LogP contribution in [0.3, 0.4) is 0 Å². The first-order chi connectivity index (χ1) is 6.43. The number of fused-ring (bicyclic) bond motifs is 2. The van der Waals surface area contributed by atoms with Crippen LogP contribution >= 0.6 is 0 Å². The van der Waals surface area contributed by atoms with Gasteiger partial charge in [-0.1, -0.05) is 6.07 Å². The Bertz CT molecular complexity index is 293. The lowest BCUT2D eigenvalue weighted by Gasteiger charge is -2.31. The van der Waals surface area contributed by atoms with Crippen LogP contribution in [0.2, 0.25) is 0 Å². The van der Waals surface area contributed by atoms with Crippen LogP contribution in [0.15, 0.2) is 18.3 Å². The molecular formula is C10H13N3. The third kappa shape index (κ3) is 1.11. The summed E-state index contributed by atoms with van der Waals surface area (Å²) in [5.74, 6) is 1.09. The molecule has 2 aliphatic rings. The van der Waals surface area contributed by atoms with E-state index >= 15 is 0 Å². The van der Waals surface area contributed by atoms with Gasteiger partial charge in [-0.25, -0.2) is 4.98 Å². The van der Waals surface area contributed by atoms with Crippen molar-refractivity contribution in [1.82, 2.24) is 9.88 Å². The molecule has 0 amide bonds. The minimum absolute atomic E-state index is 0.544. The second-order valence-electron chi connectivity index (χ2n) is 3.78. The molecule has 3 heterocycles. The molecule has 0 spiro atoms. The number of nitrogens with one attached hydrogen (secondary N) is 1. The molecule has 3 heteroatoms. The maximum atomic E-state index is 4.34. The molecule has 68 valence electrons. The summed E-state index contributed by atoms with van der Waals surface area (Å²) < 4.78 is 0. The molecule has 1 saturated heterocycles. The fraction of sp³-hybridized carbons (Fsp3) is 0.500. The molecule has 3 nitrogen and oxygen atoms in total. The van der Waals surface area contributed by atoms with Crippen molar-refractivity contribution in [3.8, 4) is 0 Å². The van der Waals surface area contributed by atoms with Gasteiger partial charge in [0.05, 0.1) is 6.17 Å². The van der Waals surface area contributed by atoms with Gasteiger partial charge in [-0.2, -0.15) is 0 Å². The van der Waals surface area contributed by atoms with E-state index in [1.165, 1.54) is 24.9 Å². The normalized spacial score (nSPS) is 26.3. The van der Waals surface area contributed by atoms with Crippen LogP contribution in [-0.2, 0) is 6.54 Å². The lowest BCUT2D eigenvalue weighted by molar-refractivity contribution is 0.255. The van der Waals surface area contributed by atoms with Crippen molar-refractivity contribution < 1.29 is 0 Å². The molecule has 1 atom stereocenters. The average molecular weight is 175 g/mol. The summed E-state index contributed by atoms with van der Waals surface area (Å²) in [5, 5.41) is 3.47. The van der Waals surface area contributed by atoms with Crippen LogP contribution in [0.1, 0.15) is 18.4 Å². The largest absolute Gasteiger partial charge is 0.354 e. The van der Waals surface area contributed by atoms with E-state index in [1.54, 1.807) is 0 Å². The zero-order valence-corrected chi connectivity index (χ0v) is 7.53. The number of anilines is 1. The summed E-state index contributed by atoms with van der Waals surface area (Å²) in [6, 6.07) is 4.17. The number of pyridine rings is 1. The van der Waals surface area contributed by atoms with Crippen molar-refractivity contribution in [3.63, 3.8) is 0 Å². The monoisotopic (exact) mass is 175 g/mol. The first-order valence-corrected chi connectivity index (χ1v) is 4.88. The average Bonchev–Trinajstić information content (AvgIpc) is 2.61. The third-order valence-electron chi connectivity index (χ3n) is 2.93. The van der Waals surface area contributed by atoms with Gasteiger partial charge >= 0.3 is 0 Å². The molecule has 1 unspecified atom stereocenters. The lowest BCUT2D eigenvalue weighted by atomic mass is 10.2. The highest BCUT2D eigenvalue weighted by Crippen LogP contribution is 2.28. The molecule has 3 rings (SSSR count). The number of rotatable bonds is 0. The van der Waals surface area contributed by atoms with Gasteiger partial charge in [-0.05, 0) is 18.9 Å². The van der Waals surface area contributed by atoms with Gasteiger partial charge in [0.15, 0.2) is 0 Å². The highest BCUT2D eigenvalue weighted by Gasteiger charge is 2.29. The van der Waals surface area contributed by atoms with E-state index < -0.39 is 0 Å². The number of hydrogen-bond acceptors (Lipinski definition) is 3. The Hall–Kier alpha value is -1.09. The Kier molecular flexibility index (Phi) is 1.52. The van der Waals surface area contributed by atoms with Crippen LogP contribution in [-0.4, -0.2) is 22.6 Å². The number of nitrogens with zero attached hydrogens (tertiary/aromatic N) is 2. The first kappa shape index (κ1) is 7.33. The molecule has 1 N–H and O–H groups in total. The van der Waals surface area contributed by atoms with E-state index in [0.29, 0.717) is 6.17 Å². The summed E-state index contributed by atoms with van der Waals surface area (Å²) in [5.41, 5.74) is 1.33. The van der Waals surface area contributed by atoms with Crippen LogP contribution in [0.5, 0.6) is 0 Å². The molecular weight excluding hydrogens is 162 g/mol. The van der Waals surface area contributed by atoms with E-state index in [0.717, 1.165) is 12.4 Å². The molecule has 1 fully saturated rings. The van der Waals surface area contributed by atoms with E-state index in [2.05, 4.69) is 21.3 Å². The fourth-order valence-corrected chi connectivity index (χ4v) is 2.25. The quantitative estimate of drug-likeness (QED) is 0.646. The van der Waals surface area contributed by atoms with Gasteiger partial charge < -0.3 is 5.32 Å². The topological polar surface area (TPSA) is 28.2 Å². The van der Waals surface area contributed by atoms with Crippen molar-refractivity contribution >= 4 is 5.82 Å². The Morgan fingerprint density at radius 1 is 1.54 bits per heavy atom. The highest BCUT2D eigenvalue weighted by molar-refractivity contribution is 5.46. The van der Waals surface area contributed by atoms with Crippen molar-refractivity contribution in [2.75, 3.05) is 11.9 Å². The van der Waals surface area contributed by atoms with E-state index in [4.69, 9.17) is 0 Å². The zero-order valence-electron chi connectivity index (χ0n) is 7.53. The Morgan fingerprint density at radius 3 is 3.54 bits per heavy atom. The smallest absolute Gasteiger partial charge is 0.131 e. The second kappa shape index (κ2) is 2.70. The molecule has 13 heavy (non-hydrogen) atoms. The molecule has 2 aliphatic heterocycles. The minimum atomic E-state index is 0.544. The molecule has 0 aliphatic carbocycles. The van der Waals surface area contributed by atoms with E-state index in [1.807, 2.05) is 12.3 Å². The molecule has 1 aromatic heterocycles. The van der Waals surface area contributed by atoms with E-state index in [-0.39, 0.29) is 0 Å². The van der Waals surface area contributed by atoms with Gasteiger partial charge in [-0.3, -0.25) is 4.90 Å². The summed E-state index contributed by atoms with van der Waals surface area (Å²) in [7, 11) is 0. The van der Waals surface area contributed by atoms with Crippen LogP contribution in [0.25, 0.3) is 0 Å². The van der Waals surface area contributed by atoms with Gasteiger partial charge in [0.2, 0.25) is 0 Å². The molecule has 0 aromatic carbocycles. The van der Waals surface area contributed by atoms with Crippen molar-refractivity contribution in [3.05, 3.63) is 23.9 Å². The zero-order chi connectivity index (χ0) is 8.67. The van der Waals surface area contributed by atoms with Crippen LogP contribution in [0.4, 0.5) is 5.82 Å². The molecule has 0 bridgehead atoms. The van der Waals surface area contributed by atoms with Crippen LogP contribution < -0.4 is 5.32 Å². The van der Waals surface area contributed by atoms with E-state index in [9.17, 15) is 0 Å². The third-order valence-corrected chi connectivity index (χ3v) is 2.93. The van der Waals surface area contributed by atoms with Crippen molar-refractivity contribution in [2.45, 2.75) is 25.6 Å². The lowest BCUT2D eigenvalue weighted by Crippen LogP contribution is -2.39. The van der Waals surface area contributed by atoms with Crippen molar-refractivity contribution in [2.24, 2.45) is 0 Å². The van der Waals surface area contributed by atoms with Gasteiger partial charge in [-0.15, -0.1) is 0 Å². The Balaban J connectivity index is 1.97. The highest BCUT2D eigenvalue weighted by atomic mass is 15.3. The predicted octanol–water partition coefficient (Wildman–Crippen LogP) is 1.43. The Morgan fingerprint density at radius 2 is 2.54 bits per heavy atom. The summed E-state index contributed by atoms with van der Waals surface area (Å²) in [6.45, 7) is 2.30. The summed E-state index contributed by atoms with van der Waals surface area (Å²) in [6.07, 6.45) is 4.97. The SMILES string of the molecule is c1cnc2c(c1)CN1CCCC1N2. The minimum Gasteiger partial charge on any atom is -0.354 e. The Labute approximate surface area is 77.8 Å². The summed E-state index contributed by atoms with van der Waals surface area (Å²) >= 11 is 0. The molecule has 0 saturated carbocycles.